The van der Waals surface area contributed by atoms with Crippen molar-refractivity contribution in [2.75, 3.05) is 25.1 Å². The molecule has 3 nitrogen and oxygen atoms in total. The molecule has 0 aliphatic rings. The number of aliphatic hydroxyl groups is 1. The number of rotatable bonds is 5. The molecule has 0 aliphatic carbocycles. The first-order chi connectivity index (χ1) is 9.54. The van der Waals surface area contributed by atoms with E-state index in [0.717, 1.165) is 0 Å². The third kappa shape index (κ3) is 5.55. The topological polar surface area (TPSA) is 35.5 Å². The fraction of sp³-hybridized carbons (Fsp3) is 0.600. The molecule has 2 N–H and O–H groups in total. The van der Waals surface area contributed by atoms with E-state index in [1.165, 1.54) is 24.1 Å². The maximum atomic E-state index is 13.2. The number of alkyl halides is 3. The van der Waals surface area contributed by atoms with Crippen molar-refractivity contribution >= 4 is 5.69 Å². The molecule has 0 unspecified atom stereocenters. The first kappa shape index (κ1) is 17.8. The Morgan fingerprint density at radius 1 is 1.19 bits per heavy atom. The van der Waals surface area contributed by atoms with Crippen LogP contribution < -0.4 is 10.2 Å². The van der Waals surface area contributed by atoms with Crippen LogP contribution in [0.4, 0.5) is 18.9 Å². The SMILES string of the molecule is CN(CCO)c1ccc(CNC(C)(C)C)cc1C(F)(F)F. The predicted molar refractivity (Wildman–Crippen MR) is 78.4 cm³/mol. The summed E-state index contributed by atoms with van der Waals surface area (Å²) in [5, 5.41) is 12.1. The Morgan fingerprint density at radius 3 is 2.29 bits per heavy atom. The molecule has 0 spiro atoms. The van der Waals surface area contributed by atoms with Gasteiger partial charge in [0.2, 0.25) is 0 Å². The van der Waals surface area contributed by atoms with Gasteiger partial charge in [-0.25, -0.2) is 0 Å². The van der Waals surface area contributed by atoms with E-state index in [9.17, 15) is 13.2 Å². The van der Waals surface area contributed by atoms with Gasteiger partial charge in [0, 0.05) is 31.4 Å². The van der Waals surface area contributed by atoms with Crippen molar-refractivity contribution in [3.05, 3.63) is 29.3 Å². The van der Waals surface area contributed by atoms with Crippen molar-refractivity contribution in [3.63, 3.8) is 0 Å². The van der Waals surface area contributed by atoms with Gasteiger partial charge >= 0.3 is 6.18 Å². The smallest absolute Gasteiger partial charge is 0.395 e. The van der Waals surface area contributed by atoms with E-state index in [1.54, 1.807) is 6.07 Å². The molecule has 0 fully saturated rings. The van der Waals surface area contributed by atoms with E-state index in [2.05, 4.69) is 5.32 Å². The van der Waals surface area contributed by atoms with Gasteiger partial charge in [0.25, 0.3) is 0 Å². The number of hydrogen-bond donors (Lipinski definition) is 2. The van der Waals surface area contributed by atoms with Crippen LogP contribution in [-0.4, -0.2) is 30.8 Å². The molecule has 0 radical (unpaired) electrons. The number of hydrogen-bond acceptors (Lipinski definition) is 3. The van der Waals surface area contributed by atoms with Crippen molar-refractivity contribution in [1.82, 2.24) is 5.32 Å². The zero-order valence-corrected chi connectivity index (χ0v) is 12.9. The summed E-state index contributed by atoms with van der Waals surface area (Å²) >= 11 is 0. The maximum absolute atomic E-state index is 13.2. The minimum absolute atomic E-state index is 0.0797. The Hall–Kier alpha value is -1.27. The summed E-state index contributed by atoms with van der Waals surface area (Å²) in [6.45, 7) is 6.21. The molecule has 6 heteroatoms. The number of aliphatic hydroxyl groups excluding tert-OH is 1. The highest BCUT2D eigenvalue weighted by molar-refractivity contribution is 5.56. The zero-order valence-electron chi connectivity index (χ0n) is 12.9. The van der Waals surface area contributed by atoms with Gasteiger partial charge in [-0.2, -0.15) is 13.2 Å². The van der Waals surface area contributed by atoms with Crippen molar-refractivity contribution in [2.24, 2.45) is 0 Å². The minimum atomic E-state index is -4.42. The van der Waals surface area contributed by atoms with Gasteiger partial charge < -0.3 is 15.3 Å². The predicted octanol–water partition coefficient (Wildman–Crippen LogP) is 3.02. The van der Waals surface area contributed by atoms with Gasteiger partial charge in [-0.05, 0) is 38.5 Å². The molecule has 0 heterocycles. The summed E-state index contributed by atoms with van der Waals surface area (Å²) in [5.74, 6) is 0. The average molecular weight is 304 g/mol. The largest absolute Gasteiger partial charge is 0.418 e. The number of halogens is 3. The summed E-state index contributed by atoms with van der Waals surface area (Å²) in [6, 6.07) is 4.30. The Balaban J connectivity index is 3.08. The second-order valence-corrected chi connectivity index (χ2v) is 6.10. The van der Waals surface area contributed by atoms with Crippen LogP contribution in [0.1, 0.15) is 31.9 Å². The normalized spacial score (nSPS) is 12.6. The molecule has 120 valence electrons. The van der Waals surface area contributed by atoms with E-state index in [1.807, 2.05) is 20.8 Å². The Kier molecular flexibility index (Phi) is 5.64. The molecule has 0 saturated heterocycles. The van der Waals surface area contributed by atoms with Crippen LogP contribution in [0.5, 0.6) is 0 Å². The van der Waals surface area contributed by atoms with Gasteiger partial charge in [0.15, 0.2) is 0 Å². The Labute approximate surface area is 123 Å². The first-order valence-corrected chi connectivity index (χ1v) is 6.82. The van der Waals surface area contributed by atoms with Crippen molar-refractivity contribution in [2.45, 2.75) is 39.0 Å². The molecular weight excluding hydrogens is 281 g/mol. The van der Waals surface area contributed by atoms with Gasteiger partial charge in [0.05, 0.1) is 12.2 Å². The molecule has 0 amide bonds. The third-order valence-corrected chi connectivity index (χ3v) is 3.04. The lowest BCUT2D eigenvalue weighted by Crippen LogP contribution is -2.35. The molecular formula is C15H23F3N2O. The van der Waals surface area contributed by atoms with E-state index in [0.29, 0.717) is 12.1 Å². The summed E-state index contributed by atoms with van der Waals surface area (Å²) in [7, 11) is 1.54. The van der Waals surface area contributed by atoms with Crippen LogP contribution in [0.15, 0.2) is 18.2 Å². The molecule has 1 aromatic carbocycles. The van der Waals surface area contributed by atoms with Crippen molar-refractivity contribution in [3.8, 4) is 0 Å². The minimum Gasteiger partial charge on any atom is -0.395 e. The molecule has 1 rings (SSSR count). The van der Waals surface area contributed by atoms with Gasteiger partial charge in [-0.15, -0.1) is 0 Å². The van der Waals surface area contributed by atoms with Crippen molar-refractivity contribution < 1.29 is 18.3 Å². The van der Waals surface area contributed by atoms with Crippen LogP contribution in [0.2, 0.25) is 0 Å². The van der Waals surface area contributed by atoms with Crippen LogP contribution in [-0.2, 0) is 12.7 Å². The lowest BCUT2D eigenvalue weighted by Gasteiger charge is -2.25. The van der Waals surface area contributed by atoms with Crippen LogP contribution in [0.25, 0.3) is 0 Å². The first-order valence-electron chi connectivity index (χ1n) is 6.82. The van der Waals surface area contributed by atoms with Gasteiger partial charge in [0.1, 0.15) is 0 Å². The average Bonchev–Trinajstić information content (AvgIpc) is 2.34. The molecule has 0 aliphatic heterocycles. The standard InChI is InChI=1S/C15H23F3N2O/c1-14(2,3)19-10-11-5-6-13(20(4)7-8-21)12(9-11)15(16,17)18/h5-6,9,19,21H,7-8,10H2,1-4H3. The highest BCUT2D eigenvalue weighted by Crippen LogP contribution is 2.37. The van der Waals surface area contributed by atoms with E-state index in [4.69, 9.17) is 5.11 Å². The van der Waals surface area contributed by atoms with Gasteiger partial charge in [-0.3, -0.25) is 0 Å². The molecule has 0 atom stereocenters. The zero-order chi connectivity index (χ0) is 16.3. The highest BCUT2D eigenvalue weighted by atomic mass is 19.4. The third-order valence-electron chi connectivity index (χ3n) is 3.04. The van der Waals surface area contributed by atoms with Gasteiger partial charge in [-0.1, -0.05) is 6.07 Å². The second kappa shape index (κ2) is 6.66. The lowest BCUT2D eigenvalue weighted by atomic mass is 10.0. The van der Waals surface area contributed by atoms with E-state index >= 15 is 0 Å². The lowest BCUT2D eigenvalue weighted by molar-refractivity contribution is -0.137. The van der Waals surface area contributed by atoms with Crippen LogP contribution >= 0.6 is 0 Å². The summed E-state index contributed by atoms with van der Waals surface area (Å²) in [6.07, 6.45) is -4.42. The number of nitrogens with one attached hydrogen (secondary N) is 1. The van der Waals surface area contributed by atoms with E-state index < -0.39 is 11.7 Å². The molecule has 0 bridgehead atoms. The number of anilines is 1. The fourth-order valence-corrected chi connectivity index (χ4v) is 1.89. The number of nitrogens with zero attached hydrogens (tertiary/aromatic N) is 1. The summed E-state index contributed by atoms with van der Waals surface area (Å²) in [5.41, 5.74) is -0.175. The molecule has 0 saturated carbocycles. The highest BCUT2D eigenvalue weighted by Gasteiger charge is 2.34. The summed E-state index contributed by atoms with van der Waals surface area (Å²) in [4.78, 5) is 1.41. The molecule has 1 aromatic rings. The maximum Gasteiger partial charge on any atom is 0.418 e. The number of benzene rings is 1. The second-order valence-electron chi connectivity index (χ2n) is 6.10. The quantitative estimate of drug-likeness (QED) is 0.878. The molecule has 21 heavy (non-hydrogen) atoms. The molecule has 0 aromatic heterocycles. The fourth-order valence-electron chi connectivity index (χ4n) is 1.89. The van der Waals surface area contributed by atoms with Crippen LogP contribution in [0.3, 0.4) is 0 Å². The number of likely N-dealkylation sites (N-methyl/N-ethyl adjacent to an activating group) is 1. The summed E-state index contributed by atoms with van der Waals surface area (Å²) < 4.78 is 39.6. The van der Waals surface area contributed by atoms with E-state index in [-0.39, 0.29) is 24.4 Å². The van der Waals surface area contributed by atoms with Crippen molar-refractivity contribution in [1.29, 1.82) is 0 Å². The monoisotopic (exact) mass is 304 g/mol. The Bertz CT molecular complexity index is 467. The Morgan fingerprint density at radius 2 is 1.81 bits per heavy atom. The van der Waals surface area contributed by atoms with Crippen LogP contribution in [0, 0.1) is 0 Å².